The Balaban J connectivity index is 1.83. The molecule has 0 saturated carbocycles. The molecule has 0 amide bonds. The van der Waals surface area contributed by atoms with Crippen LogP contribution in [0.3, 0.4) is 0 Å². The second kappa shape index (κ2) is 7.93. The Morgan fingerprint density at radius 3 is 2.32 bits per heavy atom. The lowest BCUT2D eigenvalue weighted by Gasteiger charge is -2.12. The number of aromatic nitrogens is 1. The second-order valence-corrected chi connectivity index (χ2v) is 8.41. The second-order valence-electron chi connectivity index (χ2n) is 6.59. The molecule has 4 rings (SSSR count). The zero-order valence-corrected chi connectivity index (χ0v) is 17.1. The number of nitriles is 1. The maximum atomic E-state index is 13.2. The van der Waals surface area contributed by atoms with Crippen LogP contribution in [0.4, 0.5) is 17.1 Å². The minimum absolute atomic E-state index is 0.00228. The fraction of sp³-hybridized carbons (Fsp3) is 0.0455. The van der Waals surface area contributed by atoms with Gasteiger partial charge in [-0.05, 0) is 71.9 Å². The Morgan fingerprint density at radius 1 is 1.00 bits per heavy atom. The van der Waals surface area contributed by atoms with E-state index >= 15 is 0 Å². The number of nitrogens with zero attached hydrogens (tertiary/aromatic N) is 3. The molecule has 9 heteroatoms. The third-order valence-corrected chi connectivity index (χ3v) is 6.49. The molecule has 0 aliphatic heterocycles. The van der Waals surface area contributed by atoms with E-state index in [1.807, 2.05) is 0 Å². The smallest absolute Gasteiger partial charge is 0.268 e. The molecule has 0 aliphatic carbocycles. The summed E-state index contributed by atoms with van der Waals surface area (Å²) in [6.45, 7) is 0. The molecule has 31 heavy (non-hydrogen) atoms. The summed E-state index contributed by atoms with van der Waals surface area (Å²) in [6.07, 6.45) is 1.39. The maximum Gasteiger partial charge on any atom is 0.268 e. The van der Waals surface area contributed by atoms with Crippen molar-refractivity contribution in [2.24, 2.45) is 5.18 Å². The van der Waals surface area contributed by atoms with Gasteiger partial charge in [0.05, 0.1) is 29.2 Å². The van der Waals surface area contributed by atoms with E-state index in [2.05, 4.69) is 16.6 Å². The van der Waals surface area contributed by atoms with Crippen molar-refractivity contribution in [2.45, 2.75) is 4.90 Å². The van der Waals surface area contributed by atoms with Crippen LogP contribution in [0.25, 0.3) is 10.9 Å². The Morgan fingerprint density at radius 2 is 1.71 bits per heavy atom. The minimum Gasteiger partial charge on any atom is -0.497 e. The van der Waals surface area contributed by atoms with Crippen LogP contribution in [0.5, 0.6) is 5.75 Å². The fourth-order valence-corrected chi connectivity index (χ4v) is 4.60. The van der Waals surface area contributed by atoms with Crippen molar-refractivity contribution in [3.8, 4) is 11.8 Å². The highest BCUT2D eigenvalue weighted by atomic mass is 32.2. The lowest BCUT2D eigenvalue weighted by atomic mass is 10.1. The van der Waals surface area contributed by atoms with E-state index in [9.17, 15) is 13.3 Å². The normalized spacial score (nSPS) is 11.1. The summed E-state index contributed by atoms with van der Waals surface area (Å²) in [5.41, 5.74) is 1.99. The van der Waals surface area contributed by atoms with Crippen LogP contribution in [-0.2, 0) is 10.0 Å². The summed E-state index contributed by atoms with van der Waals surface area (Å²) in [4.78, 5) is 11.5. The summed E-state index contributed by atoms with van der Waals surface area (Å²) in [5.74, 6) is 0.528. The van der Waals surface area contributed by atoms with E-state index < -0.39 is 10.0 Å². The van der Waals surface area contributed by atoms with Crippen molar-refractivity contribution in [3.05, 3.63) is 83.4 Å². The van der Waals surface area contributed by atoms with Gasteiger partial charge >= 0.3 is 0 Å². The van der Waals surface area contributed by atoms with Crippen molar-refractivity contribution in [1.82, 2.24) is 3.97 Å². The molecule has 1 aromatic heterocycles. The standard InChI is InChI=1S/C22H16N4O4S/c1-30-17-6-8-18(9-7-17)31(28,29)26-13-12-19-20(10-11-21(25-27)22(19)26)24-16-4-2-15(14-23)3-5-16/h2-13,24H,1H3. The van der Waals surface area contributed by atoms with Gasteiger partial charge < -0.3 is 10.1 Å². The Hall–Kier alpha value is -4.16. The van der Waals surface area contributed by atoms with Crippen LogP contribution in [0, 0.1) is 16.2 Å². The summed E-state index contributed by atoms with van der Waals surface area (Å²) in [5, 5.41) is 15.7. The van der Waals surface area contributed by atoms with E-state index in [1.54, 1.807) is 48.5 Å². The largest absolute Gasteiger partial charge is 0.497 e. The minimum atomic E-state index is -3.98. The maximum absolute atomic E-state index is 13.2. The predicted molar refractivity (Wildman–Crippen MR) is 117 cm³/mol. The van der Waals surface area contributed by atoms with Crippen molar-refractivity contribution in [3.63, 3.8) is 0 Å². The van der Waals surface area contributed by atoms with E-state index in [4.69, 9.17) is 10.00 Å². The number of rotatable bonds is 6. The lowest BCUT2D eigenvalue weighted by molar-refractivity contribution is 0.414. The molecular weight excluding hydrogens is 416 g/mol. The molecule has 1 N–H and O–H groups in total. The molecule has 0 saturated heterocycles. The molecule has 0 radical (unpaired) electrons. The van der Waals surface area contributed by atoms with Gasteiger partial charge in [-0.1, -0.05) is 0 Å². The van der Waals surface area contributed by atoms with Gasteiger partial charge in [0.2, 0.25) is 0 Å². The molecule has 4 aromatic rings. The Bertz CT molecular complexity index is 1420. The summed E-state index contributed by atoms with van der Waals surface area (Å²) >= 11 is 0. The molecule has 8 nitrogen and oxygen atoms in total. The zero-order valence-electron chi connectivity index (χ0n) is 16.3. The van der Waals surface area contributed by atoms with Crippen LogP contribution in [0.1, 0.15) is 5.56 Å². The van der Waals surface area contributed by atoms with Crippen LogP contribution < -0.4 is 10.1 Å². The highest BCUT2D eigenvalue weighted by molar-refractivity contribution is 7.90. The van der Waals surface area contributed by atoms with Crippen molar-refractivity contribution in [2.75, 3.05) is 12.4 Å². The molecule has 154 valence electrons. The first-order valence-corrected chi connectivity index (χ1v) is 10.6. The molecular formula is C22H16N4O4S. The number of fused-ring (bicyclic) bond motifs is 1. The van der Waals surface area contributed by atoms with Gasteiger partial charge in [-0.3, -0.25) is 0 Å². The third-order valence-electron chi connectivity index (χ3n) is 4.80. The molecule has 0 atom stereocenters. The SMILES string of the molecule is COc1ccc(S(=O)(=O)n2ccc3c(Nc4ccc(C#N)cc4)ccc(N=O)c32)cc1. The zero-order chi connectivity index (χ0) is 22.0. The molecule has 0 fully saturated rings. The lowest BCUT2D eigenvalue weighted by Crippen LogP contribution is -2.11. The number of hydrogen-bond donors (Lipinski definition) is 1. The molecule has 0 unspecified atom stereocenters. The van der Waals surface area contributed by atoms with E-state index in [0.29, 0.717) is 28.1 Å². The van der Waals surface area contributed by atoms with Gasteiger partial charge in [0, 0.05) is 23.0 Å². The molecule has 0 bridgehead atoms. The number of hydrogen-bond acceptors (Lipinski definition) is 7. The average Bonchev–Trinajstić information content (AvgIpc) is 3.26. The fourth-order valence-electron chi connectivity index (χ4n) is 3.24. The van der Waals surface area contributed by atoms with E-state index in [1.165, 1.54) is 31.5 Å². The first-order chi connectivity index (χ1) is 15.0. The summed E-state index contributed by atoms with van der Waals surface area (Å²) in [6, 6.07) is 19.6. The Labute approximate surface area is 178 Å². The molecule has 3 aromatic carbocycles. The summed E-state index contributed by atoms with van der Waals surface area (Å²) < 4.78 is 32.6. The van der Waals surface area contributed by atoms with Crippen LogP contribution in [-0.4, -0.2) is 19.5 Å². The highest BCUT2D eigenvalue weighted by Crippen LogP contribution is 2.36. The topological polar surface area (TPSA) is 114 Å². The van der Waals surface area contributed by atoms with Gasteiger partial charge in [-0.15, -0.1) is 4.91 Å². The Kier molecular flexibility index (Phi) is 5.15. The molecule has 0 aliphatic rings. The van der Waals surface area contributed by atoms with Gasteiger partial charge in [0.25, 0.3) is 10.0 Å². The van der Waals surface area contributed by atoms with Gasteiger partial charge in [-0.25, -0.2) is 12.4 Å². The first kappa shape index (κ1) is 20.1. The van der Waals surface area contributed by atoms with Crippen LogP contribution in [0.2, 0.25) is 0 Å². The van der Waals surface area contributed by atoms with E-state index in [0.717, 1.165) is 3.97 Å². The highest BCUT2D eigenvalue weighted by Gasteiger charge is 2.22. The number of anilines is 2. The number of benzene rings is 3. The predicted octanol–water partition coefficient (Wildman–Crippen LogP) is 4.90. The van der Waals surface area contributed by atoms with Gasteiger partial charge in [0.1, 0.15) is 11.4 Å². The average molecular weight is 432 g/mol. The van der Waals surface area contributed by atoms with Crippen molar-refractivity contribution in [1.29, 1.82) is 5.26 Å². The quantitative estimate of drug-likeness (QED) is 0.434. The number of nitroso groups, excluding NO2 is 1. The third kappa shape index (κ3) is 3.60. The number of nitrogens with one attached hydrogen (secondary N) is 1. The molecule has 0 spiro atoms. The van der Waals surface area contributed by atoms with Crippen molar-refractivity contribution >= 4 is 38.0 Å². The summed E-state index contributed by atoms with van der Waals surface area (Å²) in [7, 11) is -2.49. The number of methoxy groups -OCH3 is 1. The monoisotopic (exact) mass is 432 g/mol. The van der Waals surface area contributed by atoms with Crippen molar-refractivity contribution < 1.29 is 13.2 Å². The van der Waals surface area contributed by atoms with Gasteiger partial charge in [0.15, 0.2) is 0 Å². The molecule has 1 heterocycles. The number of ether oxygens (including phenoxy) is 1. The van der Waals surface area contributed by atoms with Crippen LogP contribution >= 0.6 is 0 Å². The van der Waals surface area contributed by atoms with Crippen LogP contribution in [0.15, 0.2) is 83.0 Å². The van der Waals surface area contributed by atoms with E-state index in [-0.39, 0.29) is 16.1 Å². The van der Waals surface area contributed by atoms with Gasteiger partial charge in [-0.2, -0.15) is 5.26 Å². The first-order valence-electron chi connectivity index (χ1n) is 9.12.